The molecule has 2 rings (SSSR count). The molecule has 2 aromatic carbocycles. The fourth-order valence-corrected chi connectivity index (χ4v) is 2.61. The molecule has 0 aliphatic carbocycles. The first kappa shape index (κ1) is 16.0. The SMILES string of the molecule is C=CC(CCC)c1ccccc1C(=O)NCc1ccccc1. The molecule has 0 spiro atoms. The second kappa shape index (κ2) is 8.18. The van der Waals surface area contributed by atoms with Gasteiger partial charge in [-0.1, -0.05) is 68.0 Å². The van der Waals surface area contributed by atoms with E-state index in [1.807, 2.05) is 60.7 Å². The van der Waals surface area contributed by atoms with Crippen LogP contribution in [0.3, 0.4) is 0 Å². The van der Waals surface area contributed by atoms with Crippen LogP contribution in [0, 0.1) is 0 Å². The van der Waals surface area contributed by atoms with Gasteiger partial charge in [0.2, 0.25) is 0 Å². The van der Waals surface area contributed by atoms with E-state index in [0.29, 0.717) is 6.54 Å². The molecule has 1 unspecified atom stereocenters. The molecule has 0 aromatic heterocycles. The Bertz CT molecular complexity index is 619. The van der Waals surface area contributed by atoms with E-state index in [1.165, 1.54) is 0 Å². The fraction of sp³-hybridized carbons (Fsp3) is 0.250. The van der Waals surface area contributed by atoms with E-state index < -0.39 is 0 Å². The molecule has 1 N–H and O–H groups in total. The number of hydrogen-bond acceptors (Lipinski definition) is 1. The zero-order chi connectivity index (χ0) is 15.8. The molecule has 114 valence electrons. The summed E-state index contributed by atoms with van der Waals surface area (Å²) < 4.78 is 0. The quantitative estimate of drug-likeness (QED) is 0.737. The van der Waals surface area contributed by atoms with Crippen molar-refractivity contribution in [2.45, 2.75) is 32.2 Å². The molecule has 0 heterocycles. The van der Waals surface area contributed by atoms with Crippen LogP contribution in [0.25, 0.3) is 0 Å². The molecule has 2 nitrogen and oxygen atoms in total. The number of carbonyl (C=O) groups excluding carboxylic acids is 1. The van der Waals surface area contributed by atoms with Crippen LogP contribution in [0.2, 0.25) is 0 Å². The Labute approximate surface area is 132 Å². The van der Waals surface area contributed by atoms with Gasteiger partial charge in [0.05, 0.1) is 0 Å². The van der Waals surface area contributed by atoms with Crippen molar-refractivity contribution in [1.82, 2.24) is 5.32 Å². The van der Waals surface area contributed by atoms with Crippen molar-refractivity contribution < 1.29 is 4.79 Å². The minimum atomic E-state index is -0.0255. The molecule has 1 atom stereocenters. The first-order valence-electron chi connectivity index (χ1n) is 7.79. The van der Waals surface area contributed by atoms with Gasteiger partial charge in [0.1, 0.15) is 0 Å². The van der Waals surface area contributed by atoms with Crippen LogP contribution in [-0.4, -0.2) is 5.91 Å². The summed E-state index contributed by atoms with van der Waals surface area (Å²) in [7, 11) is 0. The summed E-state index contributed by atoms with van der Waals surface area (Å²) in [6.07, 6.45) is 4.01. The lowest BCUT2D eigenvalue weighted by Crippen LogP contribution is -2.24. The van der Waals surface area contributed by atoms with Crippen molar-refractivity contribution in [3.05, 3.63) is 83.9 Å². The second-order valence-corrected chi connectivity index (χ2v) is 5.39. The van der Waals surface area contributed by atoms with Crippen LogP contribution in [-0.2, 0) is 6.54 Å². The fourth-order valence-electron chi connectivity index (χ4n) is 2.61. The van der Waals surface area contributed by atoms with E-state index in [0.717, 1.165) is 29.5 Å². The van der Waals surface area contributed by atoms with Gasteiger partial charge in [0.15, 0.2) is 0 Å². The monoisotopic (exact) mass is 293 g/mol. The van der Waals surface area contributed by atoms with E-state index in [-0.39, 0.29) is 11.8 Å². The molecule has 0 aliphatic heterocycles. The Hall–Kier alpha value is -2.35. The van der Waals surface area contributed by atoms with Gasteiger partial charge < -0.3 is 5.32 Å². The lowest BCUT2D eigenvalue weighted by molar-refractivity contribution is 0.0949. The molecule has 0 saturated heterocycles. The van der Waals surface area contributed by atoms with Crippen LogP contribution in [0.1, 0.15) is 47.2 Å². The highest BCUT2D eigenvalue weighted by molar-refractivity contribution is 5.95. The van der Waals surface area contributed by atoms with E-state index in [9.17, 15) is 4.79 Å². The van der Waals surface area contributed by atoms with Crippen molar-refractivity contribution in [2.24, 2.45) is 0 Å². The molecular formula is C20H23NO. The molecule has 0 bridgehead atoms. The Morgan fingerprint density at radius 3 is 2.50 bits per heavy atom. The van der Waals surface area contributed by atoms with Crippen LogP contribution in [0.5, 0.6) is 0 Å². The number of hydrogen-bond donors (Lipinski definition) is 1. The Kier molecular flexibility index (Phi) is 5.96. The van der Waals surface area contributed by atoms with Gasteiger partial charge in [0, 0.05) is 18.0 Å². The Morgan fingerprint density at radius 1 is 1.14 bits per heavy atom. The molecule has 2 heteroatoms. The maximum atomic E-state index is 12.5. The van der Waals surface area contributed by atoms with Gasteiger partial charge in [-0.15, -0.1) is 6.58 Å². The smallest absolute Gasteiger partial charge is 0.251 e. The predicted molar refractivity (Wildman–Crippen MR) is 91.9 cm³/mol. The topological polar surface area (TPSA) is 29.1 Å². The lowest BCUT2D eigenvalue weighted by atomic mass is 9.90. The predicted octanol–water partition coefficient (Wildman–Crippen LogP) is 4.69. The van der Waals surface area contributed by atoms with E-state index >= 15 is 0 Å². The zero-order valence-electron chi connectivity index (χ0n) is 13.1. The third kappa shape index (κ3) is 4.08. The highest BCUT2D eigenvalue weighted by Crippen LogP contribution is 2.25. The molecule has 1 amide bonds. The van der Waals surface area contributed by atoms with Crippen molar-refractivity contribution in [3.63, 3.8) is 0 Å². The van der Waals surface area contributed by atoms with Crippen molar-refractivity contribution in [2.75, 3.05) is 0 Å². The van der Waals surface area contributed by atoms with Crippen molar-refractivity contribution in [3.8, 4) is 0 Å². The number of amides is 1. The van der Waals surface area contributed by atoms with Crippen LogP contribution >= 0.6 is 0 Å². The average molecular weight is 293 g/mol. The van der Waals surface area contributed by atoms with Crippen molar-refractivity contribution >= 4 is 5.91 Å². The lowest BCUT2D eigenvalue weighted by Gasteiger charge is -2.16. The van der Waals surface area contributed by atoms with E-state index in [1.54, 1.807) is 0 Å². The number of allylic oxidation sites excluding steroid dienone is 1. The molecule has 22 heavy (non-hydrogen) atoms. The second-order valence-electron chi connectivity index (χ2n) is 5.39. The van der Waals surface area contributed by atoms with Crippen LogP contribution in [0.15, 0.2) is 67.3 Å². The minimum absolute atomic E-state index is 0.0255. The van der Waals surface area contributed by atoms with E-state index in [4.69, 9.17) is 0 Å². The largest absolute Gasteiger partial charge is 0.348 e. The first-order valence-corrected chi connectivity index (χ1v) is 7.79. The normalized spacial score (nSPS) is 11.7. The highest BCUT2D eigenvalue weighted by Gasteiger charge is 2.16. The molecule has 0 fully saturated rings. The third-order valence-corrected chi connectivity index (χ3v) is 3.78. The summed E-state index contributed by atoms with van der Waals surface area (Å²) >= 11 is 0. The summed E-state index contributed by atoms with van der Waals surface area (Å²) in [6.45, 7) is 6.61. The Balaban J connectivity index is 2.14. The summed E-state index contributed by atoms with van der Waals surface area (Å²) in [4.78, 5) is 12.5. The van der Waals surface area contributed by atoms with Gasteiger partial charge in [0.25, 0.3) is 5.91 Å². The summed E-state index contributed by atoms with van der Waals surface area (Å²) in [5, 5.41) is 3.00. The number of nitrogens with one attached hydrogen (secondary N) is 1. The Morgan fingerprint density at radius 2 is 1.82 bits per heavy atom. The van der Waals surface area contributed by atoms with Gasteiger partial charge in [-0.3, -0.25) is 4.79 Å². The molecular weight excluding hydrogens is 270 g/mol. The maximum Gasteiger partial charge on any atom is 0.251 e. The third-order valence-electron chi connectivity index (χ3n) is 3.78. The number of rotatable bonds is 7. The summed E-state index contributed by atoms with van der Waals surface area (Å²) in [5.74, 6) is 0.200. The van der Waals surface area contributed by atoms with Crippen LogP contribution in [0.4, 0.5) is 0 Å². The zero-order valence-corrected chi connectivity index (χ0v) is 13.1. The first-order chi connectivity index (χ1) is 10.8. The maximum absolute atomic E-state index is 12.5. The molecule has 2 aromatic rings. The average Bonchev–Trinajstić information content (AvgIpc) is 2.58. The molecule has 0 radical (unpaired) electrons. The van der Waals surface area contributed by atoms with Gasteiger partial charge in [-0.2, -0.15) is 0 Å². The van der Waals surface area contributed by atoms with E-state index in [2.05, 4.69) is 18.8 Å². The highest BCUT2D eigenvalue weighted by atomic mass is 16.1. The molecule has 0 saturated carbocycles. The summed E-state index contributed by atoms with van der Waals surface area (Å²) in [6, 6.07) is 17.8. The number of benzene rings is 2. The standard InChI is InChI=1S/C20H23NO/c1-3-10-17(4-2)18-13-8-9-14-19(18)20(22)21-15-16-11-6-5-7-12-16/h4-9,11-14,17H,2-3,10,15H2,1H3,(H,21,22). The van der Waals surface area contributed by atoms with Gasteiger partial charge >= 0.3 is 0 Å². The van der Waals surface area contributed by atoms with Gasteiger partial charge in [-0.25, -0.2) is 0 Å². The van der Waals surface area contributed by atoms with Crippen LogP contribution < -0.4 is 5.32 Å². The number of carbonyl (C=O) groups is 1. The van der Waals surface area contributed by atoms with Gasteiger partial charge in [-0.05, 0) is 23.6 Å². The van der Waals surface area contributed by atoms with Crippen molar-refractivity contribution in [1.29, 1.82) is 0 Å². The summed E-state index contributed by atoms with van der Waals surface area (Å²) in [5.41, 5.74) is 2.91. The molecule has 0 aliphatic rings. The minimum Gasteiger partial charge on any atom is -0.348 e.